The first-order valence-electron chi connectivity index (χ1n) is 22.9. The fraction of sp³-hybridized carbons (Fsp3) is 0.0270. The zero-order chi connectivity index (χ0) is 45.4. The van der Waals surface area contributed by atoms with Crippen LogP contribution in [0.3, 0.4) is 0 Å². The summed E-state index contributed by atoms with van der Waals surface area (Å²) >= 11 is 0. The lowest BCUT2D eigenvalue weighted by Crippen LogP contribution is -2.57. The number of benzene rings is 6. The second kappa shape index (κ2) is 8.39. The summed E-state index contributed by atoms with van der Waals surface area (Å²) in [6.45, 7) is -0.323. The monoisotopic (exact) mass is 546 g/mol. The highest BCUT2D eigenvalue weighted by Gasteiger charge is 2.41. The normalized spacial score (nSPS) is 20.0. The number of para-hydroxylation sites is 4. The third-order valence-corrected chi connectivity index (χ3v) is 7.08. The molecule has 0 saturated heterocycles. The molecule has 0 atom stereocenters. The van der Waals surface area contributed by atoms with Crippen LogP contribution < -0.4 is 25.9 Å². The summed E-state index contributed by atoms with van der Waals surface area (Å²) in [7, 11) is 0. The molecule has 0 bridgehead atoms. The number of hydrogen-bond acceptors (Lipinski definition) is 2. The van der Waals surface area contributed by atoms with Crippen LogP contribution in [0.25, 0.3) is 38.6 Å². The van der Waals surface area contributed by atoms with E-state index in [2.05, 4.69) is 0 Å². The molecule has 0 fully saturated rings. The second-order valence-electron chi connectivity index (χ2n) is 9.33. The van der Waals surface area contributed by atoms with E-state index in [4.69, 9.17) is 32.8 Å². The topological polar surface area (TPSA) is 23.4 Å². The van der Waals surface area contributed by atoms with Crippen LogP contribution >= 0.6 is 0 Å². The summed E-state index contributed by atoms with van der Waals surface area (Å²) < 4.78 is 200. The van der Waals surface area contributed by atoms with Crippen LogP contribution in [-0.2, 0) is 0 Å². The lowest BCUT2D eigenvalue weighted by Gasteiger charge is -2.34. The number of nitrogens with zero attached hydrogens (tertiary/aromatic N) is 1. The van der Waals surface area contributed by atoms with Gasteiger partial charge in [-0.05, 0) is 66.2 Å². The first kappa shape index (κ1) is 10.3. The summed E-state index contributed by atoms with van der Waals surface area (Å²) in [5.41, 5.74) is -3.81. The molecule has 6 aromatic carbocycles. The molecule has 192 valence electrons. The number of hydrogen-bond donors (Lipinski definition) is 0. The van der Waals surface area contributed by atoms with Crippen molar-refractivity contribution in [3.05, 3.63) is 132 Å². The van der Waals surface area contributed by atoms with Crippen molar-refractivity contribution in [2.75, 3.05) is 0 Å². The number of ether oxygens (including phenoxy) is 2. The van der Waals surface area contributed by atoms with Crippen molar-refractivity contribution in [2.45, 2.75) is 6.92 Å². The highest BCUT2D eigenvalue weighted by Crippen LogP contribution is 2.44. The molecular weight excluding hydrogens is 501 g/mol. The zero-order valence-corrected chi connectivity index (χ0v) is 20.8. The van der Waals surface area contributed by atoms with E-state index in [0.29, 0.717) is 0 Å². The van der Waals surface area contributed by atoms with Crippen LogP contribution in [0.5, 0.6) is 23.0 Å². The van der Waals surface area contributed by atoms with Crippen molar-refractivity contribution in [1.29, 1.82) is 0 Å². The first-order chi connectivity index (χ1) is 29.0. The van der Waals surface area contributed by atoms with Gasteiger partial charge in [0.1, 0.15) is 23.0 Å². The highest BCUT2D eigenvalue weighted by molar-refractivity contribution is 6.98. The predicted molar refractivity (Wildman–Crippen MR) is 169 cm³/mol. The smallest absolute Gasteiger partial charge is 0.260 e. The largest absolute Gasteiger partial charge is 0.458 e. The van der Waals surface area contributed by atoms with Crippen molar-refractivity contribution in [2.24, 2.45) is 0 Å². The number of aromatic nitrogens is 1. The molecule has 0 N–H and O–H groups in total. The van der Waals surface area contributed by atoms with Crippen LogP contribution in [0.2, 0.25) is 0 Å². The van der Waals surface area contributed by atoms with Crippen LogP contribution in [0.15, 0.2) is 127 Å². The Bertz CT molecular complexity index is 3250. The minimum atomic E-state index is -1.62. The summed E-state index contributed by atoms with van der Waals surface area (Å²) in [5.74, 6) is -2.11. The minimum absolute atomic E-state index is 0.195. The summed E-state index contributed by atoms with van der Waals surface area (Å²) in [6.07, 6.45) is 0. The molecule has 3 nitrogen and oxygen atoms in total. The molecule has 0 saturated carbocycles. The third-order valence-electron chi connectivity index (χ3n) is 7.08. The molecule has 0 radical (unpaired) electrons. The standard InChI is InChI=1S/C37H24BNO2/c1-23-18-20-32(39-30-14-6-2-10-24(30)25-11-3-7-15-31(25)39)27(22-23)26-19-21-35-36-37(26)41-34-17-9-5-13-29(34)38(36)28-12-4-8-16-33(28)40-35/h2-22H,1H3/i2D,3D,4D,5D,6D,7D,8D,9D,10D,11D,12D,13D,14D,15D,16D,17D,18D,19D,20D,21D,22D. The molecule has 7 aromatic rings. The van der Waals surface area contributed by atoms with Crippen molar-refractivity contribution in [3.8, 4) is 39.8 Å². The van der Waals surface area contributed by atoms with E-state index in [1.165, 1.54) is 6.92 Å². The van der Waals surface area contributed by atoms with Crippen LogP contribution in [0.4, 0.5) is 0 Å². The minimum Gasteiger partial charge on any atom is -0.458 e. The van der Waals surface area contributed by atoms with Gasteiger partial charge in [0.25, 0.3) is 6.71 Å². The van der Waals surface area contributed by atoms with Crippen LogP contribution in [0.1, 0.15) is 34.3 Å². The zero-order valence-electron chi connectivity index (χ0n) is 41.8. The van der Waals surface area contributed by atoms with E-state index in [1.807, 2.05) is 0 Å². The van der Waals surface area contributed by atoms with Gasteiger partial charge in [-0.15, -0.1) is 0 Å². The van der Waals surface area contributed by atoms with Crippen LogP contribution in [0, 0.1) is 6.92 Å². The maximum Gasteiger partial charge on any atom is 0.260 e. The van der Waals surface area contributed by atoms with Gasteiger partial charge in [0.2, 0.25) is 0 Å². The summed E-state index contributed by atoms with van der Waals surface area (Å²) in [6, 6.07) is -15.6. The molecule has 0 unspecified atom stereocenters. The molecule has 1 aromatic heterocycles. The van der Waals surface area contributed by atoms with Gasteiger partial charge in [-0.1, -0.05) is 84.1 Å². The van der Waals surface area contributed by atoms with E-state index in [-0.39, 0.29) is 22.0 Å². The maximum atomic E-state index is 9.56. The van der Waals surface area contributed by atoms with E-state index in [0.717, 1.165) is 4.57 Å². The molecule has 41 heavy (non-hydrogen) atoms. The SMILES string of the molecule is [2H]c1c([2H])c([2H])c2c(c1[2H])Oc1c([2H])c([2H])c(-c3c([2H])c(C)c([2H])c([2H])c3-n3c4c([2H])c([2H])c([2H])c([2H])c4c4c([2H])c([2H])c([2H])c([2H])c43)c3c1B2c1c([2H])c([2H])c([2H])c([2H])c1O3. The lowest BCUT2D eigenvalue weighted by atomic mass is 9.34. The average molecular weight is 547 g/mol. The Morgan fingerprint density at radius 3 is 1.90 bits per heavy atom. The van der Waals surface area contributed by atoms with Crippen molar-refractivity contribution in [3.63, 3.8) is 0 Å². The summed E-state index contributed by atoms with van der Waals surface area (Å²) in [4.78, 5) is 0. The molecule has 4 heteroatoms. The van der Waals surface area contributed by atoms with E-state index >= 15 is 0 Å². The molecular formula is C37H24BNO2. The maximum absolute atomic E-state index is 9.56. The Balaban J connectivity index is 1.55. The highest BCUT2D eigenvalue weighted by atomic mass is 16.5. The Labute approximate surface area is 267 Å². The molecule has 2 aliphatic heterocycles. The van der Waals surface area contributed by atoms with Gasteiger partial charge in [0, 0.05) is 27.4 Å². The van der Waals surface area contributed by atoms with Gasteiger partial charge >= 0.3 is 0 Å². The number of fused-ring (bicyclic) bond motifs is 7. The second-order valence-corrected chi connectivity index (χ2v) is 9.33. The van der Waals surface area contributed by atoms with Gasteiger partial charge in [-0.2, -0.15) is 0 Å². The predicted octanol–water partition coefficient (Wildman–Crippen LogP) is 7.49. The molecule has 3 heterocycles. The van der Waals surface area contributed by atoms with Gasteiger partial charge in [0.05, 0.1) is 45.5 Å². The number of rotatable bonds is 2. The Kier molecular flexibility index (Phi) is 2.11. The van der Waals surface area contributed by atoms with E-state index in [1.54, 1.807) is 0 Å². The van der Waals surface area contributed by atoms with E-state index < -0.39 is 195 Å². The molecule has 0 spiro atoms. The van der Waals surface area contributed by atoms with E-state index in [9.17, 15) is 5.48 Å². The Hall–Kier alpha value is -5.22. The average Bonchev–Trinajstić information content (AvgIpc) is 3.61. The lowest BCUT2D eigenvalue weighted by molar-refractivity contribution is 0.465. The third kappa shape index (κ3) is 3.16. The fourth-order valence-corrected chi connectivity index (χ4v) is 5.42. The fourth-order valence-electron chi connectivity index (χ4n) is 5.42. The first-order valence-corrected chi connectivity index (χ1v) is 12.4. The van der Waals surface area contributed by atoms with Crippen molar-refractivity contribution < 1.29 is 38.3 Å². The molecule has 0 amide bonds. The summed E-state index contributed by atoms with van der Waals surface area (Å²) in [5, 5.41) is -0.803. The Morgan fingerprint density at radius 2 is 1.20 bits per heavy atom. The van der Waals surface area contributed by atoms with Crippen LogP contribution in [-0.4, -0.2) is 11.3 Å². The van der Waals surface area contributed by atoms with Gasteiger partial charge in [-0.25, -0.2) is 0 Å². The molecule has 2 aliphatic rings. The van der Waals surface area contributed by atoms with Crippen molar-refractivity contribution >= 4 is 44.9 Å². The Morgan fingerprint density at radius 1 is 0.585 bits per heavy atom. The van der Waals surface area contributed by atoms with Gasteiger partial charge in [-0.3, -0.25) is 0 Å². The van der Waals surface area contributed by atoms with Gasteiger partial charge < -0.3 is 14.0 Å². The van der Waals surface area contributed by atoms with Crippen molar-refractivity contribution in [1.82, 2.24) is 4.57 Å². The quantitative estimate of drug-likeness (QED) is 0.210. The molecule has 0 aliphatic carbocycles. The van der Waals surface area contributed by atoms with Gasteiger partial charge in [0.15, 0.2) is 0 Å². The molecule has 9 rings (SSSR count).